The normalized spacial score (nSPS) is 21.7. The smallest absolute Gasteiger partial charge is 0.152 e. The fourth-order valence-electron chi connectivity index (χ4n) is 2.17. The van der Waals surface area contributed by atoms with Gasteiger partial charge in [-0.3, -0.25) is 0 Å². The van der Waals surface area contributed by atoms with E-state index in [0.29, 0.717) is 11.4 Å². The zero-order valence-corrected chi connectivity index (χ0v) is 11.8. The summed E-state index contributed by atoms with van der Waals surface area (Å²) < 4.78 is 22.7. The van der Waals surface area contributed by atoms with Crippen LogP contribution in [0.4, 0.5) is 5.69 Å². The van der Waals surface area contributed by atoms with Crippen molar-refractivity contribution in [1.82, 2.24) is 0 Å². The lowest BCUT2D eigenvalue weighted by atomic mass is 10.1. The fraction of sp³-hybridized carbons (Fsp3) is 0.417. The Morgan fingerprint density at radius 3 is 2.72 bits per heavy atom. The molecule has 6 heteroatoms. The average molecular weight is 284 g/mol. The lowest BCUT2D eigenvalue weighted by molar-refractivity contribution is 0.602. The summed E-state index contributed by atoms with van der Waals surface area (Å²) in [6.45, 7) is 1.94. The zero-order chi connectivity index (χ0) is 13.3. The van der Waals surface area contributed by atoms with Crippen LogP contribution in [0.2, 0.25) is 0 Å². The number of sulfone groups is 1. The van der Waals surface area contributed by atoms with E-state index in [2.05, 4.69) is 5.32 Å². The first-order chi connectivity index (χ1) is 8.37. The Labute approximate surface area is 112 Å². The third-order valence-corrected chi connectivity index (χ3v) is 5.08. The van der Waals surface area contributed by atoms with Gasteiger partial charge in [0.2, 0.25) is 0 Å². The summed E-state index contributed by atoms with van der Waals surface area (Å²) in [5.74, 6) is 0.484. The number of hydrogen-bond acceptors (Lipinski definition) is 4. The highest BCUT2D eigenvalue weighted by Crippen LogP contribution is 2.20. The number of thiocarbonyl (C=S) groups is 1. The predicted octanol–water partition coefficient (Wildman–Crippen LogP) is 1.23. The Bertz CT molecular complexity index is 582. The van der Waals surface area contributed by atoms with Crippen LogP contribution >= 0.6 is 12.2 Å². The maximum absolute atomic E-state index is 11.4. The summed E-state index contributed by atoms with van der Waals surface area (Å²) in [5.41, 5.74) is 8.36. The number of benzene rings is 1. The number of nitrogens with two attached hydrogens (primary N) is 1. The van der Waals surface area contributed by atoms with Gasteiger partial charge in [-0.25, -0.2) is 8.42 Å². The van der Waals surface area contributed by atoms with Crippen LogP contribution in [0.25, 0.3) is 0 Å². The van der Waals surface area contributed by atoms with Gasteiger partial charge in [-0.15, -0.1) is 0 Å². The Kier molecular flexibility index (Phi) is 3.59. The first-order valence-corrected chi connectivity index (χ1v) is 7.98. The molecule has 0 amide bonds. The molecule has 4 nitrogen and oxygen atoms in total. The molecule has 1 fully saturated rings. The minimum Gasteiger partial charge on any atom is -0.389 e. The topological polar surface area (TPSA) is 72.2 Å². The van der Waals surface area contributed by atoms with E-state index in [4.69, 9.17) is 18.0 Å². The number of nitrogens with one attached hydrogen (secondary N) is 1. The second kappa shape index (κ2) is 4.85. The van der Waals surface area contributed by atoms with Gasteiger partial charge < -0.3 is 11.1 Å². The lowest BCUT2D eigenvalue weighted by Gasteiger charge is -2.14. The second-order valence-corrected chi connectivity index (χ2v) is 7.31. The third kappa shape index (κ3) is 3.00. The Morgan fingerprint density at radius 2 is 2.22 bits per heavy atom. The van der Waals surface area contributed by atoms with E-state index in [1.165, 1.54) is 0 Å². The Morgan fingerprint density at radius 1 is 1.50 bits per heavy atom. The molecule has 1 heterocycles. The number of rotatable bonds is 3. The van der Waals surface area contributed by atoms with E-state index in [1.54, 1.807) is 0 Å². The summed E-state index contributed by atoms with van der Waals surface area (Å²) in [4.78, 5) is 0.377. The first-order valence-electron chi connectivity index (χ1n) is 5.75. The van der Waals surface area contributed by atoms with Crippen LogP contribution in [0.15, 0.2) is 18.2 Å². The molecular weight excluding hydrogens is 268 g/mol. The lowest BCUT2D eigenvalue weighted by Crippen LogP contribution is -2.20. The van der Waals surface area contributed by atoms with Crippen molar-refractivity contribution in [3.8, 4) is 0 Å². The molecule has 0 saturated carbocycles. The maximum Gasteiger partial charge on any atom is 0.152 e. The Balaban J connectivity index is 2.12. The highest BCUT2D eigenvalue weighted by Gasteiger charge is 2.27. The van der Waals surface area contributed by atoms with E-state index in [9.17, 15) is 8.42 Å². The van der Waals surface area contributed by atoms with Crippen molar-refractivity contribution in [2.75, 3.05) is 16.8 Å². The monoisotopic (exact) mass is 284 g/mol. The molecule has 0 aromatic heterocycles. The van der Waals surface area contributed by atoms with Crippen LogP contribution in [-0.4, -0.2) is 31.0 Å². The molecule has 0 bridgehead atoms. The van der Waals surface area contributed by atoms with Crippen LogP contribution < -0.4 is 11.1 Å². The molecule has 3 N–H and O–H groups in total. The van der Waals surface area contributed by atoms with E-state index < -0.39 is 9.84 Å². The minimum absolute atomic E-state index is 0.00470. The highest BCUT2D eigenvalue weighted by molar-refractivity contribution is 7.91. The van der Waals surface area contributed by atoms with E-state index >= 15 is 0 Å². The summed E-state index contributed by atoms with van der Waals surface area (Å²) in [6.07, 6.45) is 0.665. The molecule has 1 aliphatic rings. The zero-order valence-electron chi connectivity index (χ0n) is 10.1. The van der Waals surface area contributed by atoms with E-state index in [0.717, 1.165) is 16.8 Å². The van der Waals surface area contributed by atoms with Crippen LogP contribution in [-0.2, 0) is 9.84 Å². The highest BCUT2D eigenvalue weighted by atomic mass is 32.2. The largest absolute Gasteiger partial charge is 0.389 e. The standard InChI is InChI=1S/C12H16N2O2S2/c1-8-6-9(2-3-11(8)12(13)17)14-10-4-5-18(15,16)7-10/h2-3,6,10,14H,4-5,7H2,1H3,(H2,13,17). The average Bonchev–Trinajstić information content (AvgIpc) is 2.57. The first kappa shape index (κ1) is 13.3. The van der Waals surface area contributed by atoms with Crippen molar-refractivity contribution in [1.29, 1.82) is 0 Å². The molecule has 0 aliphatic carbocycles. The van der Waals surface area contributed by atoms with Gasteiger partial charge in [0.05, 0.1) is 11.5 Å². The molecule has 1 aromatic rings. The quantitative estimate of drug-likeness (QED) is 0.817. The minimum atomic E-state index is -2.85. The van der Waals surface area contributed by atoms with Gasteiger partial charge in [0, 0.05) is 17.3 Å². The van der Waals surface area contributed by atoms with Crippen LogP contribution in [0.5, 0.6) is 0 Å². The van der Waals surface area contributed by atoms with E-state index in [1.807, 2.05) is 25.1 Å². The maximum atomic E-state index is 11.4. The van der Waals surface area contributed by atoms with Crippen molar-refractivity contribution >= 4 is 32.7 Å². The summed E-state index contributed by atoms with van der Waals surface area (Å²) in [7, 11) is -2.85. The summed E-state index contributed by atoms with van der Waals surface area (Å²) in [6, 6.07) is 5.69. The van der Waals surface area contributed by atoms with Crippen molar-refractivity contribution in [2.45, 2.75) is 19.4 Å². The Hall–Kier alpha value is -1.14. The molecule has 1 saturated heterocycles. The van der Waals surface area contributed by atoms with Crippen LogP contribution in [0, 0.1) is 6.92 Å². The predicted molar refractivity (Wildman–Crippen MR) is 77.7 cm³/mol. The van der Waals surface area contributed by atoms with Gasteiger partial charge in [0.1, 0.15) is 4.99 Å². The van der Waals surface area contributed by atoms with Gasteiger partial charge in [0.15, 0.2) is 9.84 Å². The van der Waals surface area contributed by atoms with Gasteiger partial charge in [0.25, 0.3) is 0 Å². The molecule has 98 valence electrons. The third-order valence-electron chi connectivity index (χ3n) is 3.10. The molecule has 0 radical (unpaired) electrons. The fourth-order valence-corrected chi connectivity index (χ4v) is 4.08. The van der Waals surface area contributed by atoms with Gasteiger partial charge in [-0.2, -0.15) is 0 Å². The summed E-state index contributed by atoms with van der Waals surface area (Å²) >= 11 is 4.94. The molecule has 2 rings (SSSR count). The summed E-state index contributed by atoms with van der Waals surface area (Å²) in [5, 5.41) is 3.24. The van der Waals surface area contributed by atoms with Gasteiger partial charge >= 0.3 is 0 Å². The molecule has 1 atom stereocenters. The van der Waals surface area contributed by atoms with Crippen LogP contribution in [0.1, 0.15) is 17.5 Å². The SMILES string of the molecule is Cc1cc(NC2CCS(=O)(=O)C2)ccc1C(N)=S. The molecular formula is C12H16N2O2S2. The number of aryl methyl sites for hydroxylation is 1. The molecule has 1 aliphatic heterocycles. The van der Waals surface area contributed by atoms with Crippen molar-refractivity contribution in [3.05, 3.63) is 29.3 Å². The molecule has 0 spiro atoms. The van der Waals surface area contributed by atoms with Crippen LogP contribution in [0.3, 0.4) is 0 Å². The van der Waals surface area contributed by atoms with Gasteiger partial charge in [-0.1, -0.05) is 12.2 Å². The van der Waals surface area contributed by atoms with Gasteiger partial charge in [-0.05, 0) is 37.1 Å². The van der Waals surface area contributed by atoms with Crippen molar-refractivity contribution in [3.63, 3.8) is 0 Å². The second-order valence-electron chi connectivity index (χ2n) is 4.64. The molecule has 18 heavy (non-hydrogen) atoms. The van der Waals surface area contributed by atoms with Crippen molar-refractivity contribution in [2.24, 2.45) is 5.73 Å². The molecule has 1 unspecified atom stereocenters. The van der Waals surface area contributed by atoms with Crippen molar-refractivity contribution < 1.29 is 8.42 Å². The number of anilines is 1. The number of hydrogen-bond donors (Lipinski definition) is 2. The van der Waals surface area contributed by atoms with E-state index in [-0.39, 0.29) is 17.5 Å². The molecule has 1 aromatic carbocycles.